The van der Waals surface area contributed by atoms with Crippen molar-refractivity contribution in [3.05, 3.63) is 34.6 Å². The molecule has 3 N–H and O–H groups in total. The van der Waals surface area contributed by atoms with E-state index in [-0.39, 0.29) is 25.4 Å². The average molecular weight is 320 g/mol. The van der Waals surface area contributed by atoms with Crippen LogP contribution in [-0.2, 0) is 9.47 Å². The van der Waals surface area contributed by atoms with Crippen LogP contribution < -0.4 is 5.32 Å². The van der Waals surface area contributed by atoms with E-state index in [0.717, 1.165) is 6.07 Å². The first-order valence-electron chi connectivity index (χ1n) is 6.50. The molecule has 0 bridgehead atoms. The van der Waals surface area contributed by atoms with Crippen molar-refractivity contribution in [1.82, 2.24) is 5.32 Å². The zero-order valence-electron chi connectivity index (χ0n) is 11.6. The first kappa shape index (κ1) is 16.5. The number of halogens is 3. The van der Waals surface area contributed by atoms with Crippen molar-refractivity contribution in [3.8, 4) is 0 Å². The molecule has 1 fully saturated rings. The number of hydrogen-bond donors (Lipinski definition) is 3. The van der Waals surface area contributed by atoms with Crippen LogP contribution in [0.3, 0.4) is 0 Å². The van der Waals surface area contributed by atoms with Crippen molar-refractivity contribution in [3.63, 3.8) is 0 Å². The minimum absolute atomic E-state index is 0.194. The highest BCUT2D eigenvalue weighted by atomic mass is 19.2. The molecule has 0 saturated carbocycles. The monoisotopic (exact) mass is 320 g/mol. The van der Waals surface area contributed by atoms with Gasteiger partial charge in [0, 0.05) is 11.6 Å². The molecular weight excluding hydrogens is 305 g/mol. The average Bonchev–Trinajstić information content (AvgIpc) is 3.05. The summed E-state index contributed by atoms with van der Waals surface area (Å²) >= 11 is 0. The van der Waals surface area contributed by atoms with E-state index >= 15 is 0 Å². The summed E-state index contributed by atoms with van der Waals surface area (Å²) in [4.78, 5) is 0. The van der Waals surface area contributed by atoms with Gasteiger partial charge in [0.1, 0.15) is 0 Å². The Morgan fingerprint density at radius 3 is 2.50 bits per heavy atom. The molecule has 0 aromatic heterocycles. The van der Waals surface area contributed by atoms with E-state index in [1.165, 1.54) is 6.92 Å². The second-order valence-electron chi connectivity index (χ2n) is 4.71. The van der Waals surface area contributed by atoms with Crippen molar-refractivity contribution in [1.29, 1.82) is 0 Å². The Bertz CT molecular complexity index is 577. The number of amidine groups is 1. The summed E-state index contributed by atoms with van der Waals surface area (Å²) in [5, 5.41) is 23.2. The van der Waals surface area contributed by atoms with Crippen molar-refractivity contribution in [2.75, 3.05) is 19.8 Å². The number of oxime groups is 1. The lowest BCUT2D eigenvalue weighted by Crippen LogP contribution is -2.36. The lowest BCUT2D eigenvalue weighted by Gasteiger charge is -2.17. The second-order valence-corrected chi connectivity index (χ2v) is 4.71. The van der Waals surface area contributed by atoms with E-state index in [2.05, 4.69) is 10.5 Å². The summed E-state index contributed by atoms with van der Waals surface area (Å²) in [6, 6.07) is 0.344. The third-order valence-electron chi connectivity index (χ3n) is 3.06. The van der Waals surface area contributed by atoms with Crippen LogP contribution in [0.4, 0.5) is 13.2 Å². The molecule has 6 nitrogen and oxygen atoms in total. The molecule has 1 aromatic rings. The van der Waals surface area contributed by atoms with Crippen LogP contribution >= 0.6 is 0 Å². The van der Waals surface area contributed by atoms with Crippen molar-refractivity contribution in [2.45, 2.75) is 19.3 Å². The SMILES string of the molecule is C[C@@H](CO)N/C(=N\O)c1cc(C2OCCO2)c(F)c(F)c1F. The maximum Gasteiger partial charge on any atom is 0.195 e. The van der Waals surface area contributed by atoms with Crippen LogP contribution in [0.2, 0.25) is 0 Å². The zero-order chi connectivity index (χ0) is 16.3. The van der Waals surface area contributed by atoms with E-state index in [1.807, 2.05) is 0 Å². The summed E-state index contributed by atoms with van der Waals surface area (Å²) in [6.45, 7) is 1.57. The zero-order valence-corrected chi connectivity index (χ0v) is 11.6. The number of aliphatic hydroxyl groups is 1. The molecule has 2 rings (SSSR count). The van der Waals surface area contributed by atoms with Crippen molar-refractivity contribution >= 4 is 5.84 Å². The molecule has 1 heterocycles. The molecule has 0 radical (unpaired) electrons. The van der Waals surface area contributed by atoms with Gasteiger partial charge < -0.3 is 25.1 Å². The summed E-state index contributed by atoms with van der Waals surface area (Å²) in [6.07, 6.45) is -1.16. The Balaban J connectivity index is 2.46. The van der Waals surface area contributed by atoms with Gasteiger partial charge in [0.2, 0.25) is 0 Å². The van der Waals surface area contributed by atoms with Gasteiger partial charge >= 0.3 is 0 Å². The molecule has 1 aromatic carbocycles. The molecule has 22 heavy (non-hydrogen) atoms. The van der Waals surface area contributed by atoms with Crippen LogP contribution in [0.15, 0.2) is 11.2 Å². The Morgan fingerprint density at radius 2 is 1.95 bits per heavy atom. The van der Waals surface area contributed by atoms with E-state index in [9.17, 15) is 13.2 Å². The molecule has 1 aliphatic heterocycles. The highest BCUT2D eigenvalue weighted by Crippen LogP contribution is 2.30. The molecule has 1 saturated heterocycles. The third kappa shape index (κ3) is 3.16. The predicted molar refractivity (Wildman–Crippen MR) is 69.0 cm³/mol. The fourth-order valence-electron chi connectivity index (χ4n) is 1.94. The summed E-state index contributed by atoms with van der Waals surface area (Å²) < 4.78 is 51.7. The summed E-state index contributed by atoms with van der Waals surface area (Å²) in [7, 11) is 0. The largest absolute Gasteiger partial charge is 0.409 e. The van der Waals surface area contributed by atoms with E-state index in [1.54, 1.807) is 0 Å². The lowest BCUT2D eigenvalue weighted by atomic mass is 10.1. The molecule has 0 unspecified atom stereocenters. The number of nitrogens with one attached hydrogen (secondary N) is 1. The molecule has 0 spiro atoms. The van der Waals surface area contributed by atoms with Gasteiger partial charge in [0.25, 0.3) is 0 Å². The smallest absolute Gasteiger partial charge is 0.195 e. The molecule has 0 aliphatic carbocycles. The van der Waals surface area contributed by atoms with Gasteiger partial charge in [0.15, 0.2) is 29.6 Å². The van der Waals surface area contributed by atoms with E-state index < -0.39 is 41.2 Å². The van der Waals surface area contributed by atoms with Crippen LogP contribution in [0.1, 0.15) is 24.3 Å². The van der Waals surface area contributed by atoms with Crippen LogP contribution in [0, 0.1) is 17.5 Å². The van der Waals surface area contributed by atoms with Crippen LogP contribution in [0.25, 0.3) is 0 Å². The molecule has 1 aliphatic rings. The number of rotatable bonds is 4. The molecule has 1 atom stereocenters. The highest BCUT2D eigenvalue weighted by molar-refractivity contribution is 5.99. The Hall–Kier alpha value is -1.84. The number of benzene rings is 1. The minimum atomic E-state index is -1.73. The standard InChI is InChI=1S/C13H15F3N2O4/c1-6(5-19)17-12(18-20)7-4-8(13-21-2-3-22-13)10(15)11(16)9(7)14/h4,6,13,19-20H,2-3,5H2,1H3,(H,17,18)/t6-/m0/s1. The first-order valence-corrected chi connectivity index (χ1v) is 6.50. The number of aliphatic hydroxyl groups excluding tert-OH is 1. The summed E-state index contributed by atoms with van der Waals surface area (Å²) in [5.41, 5.74) is -0.846. The quantitative estimate of drug-likeness (QED) is 0.256. The van der Waals surface area contributed by atoms with Gasteiger partial charge in [-0.3, -0.25) is 0 Å². The topological polar surface area (TPSA) is 83.3 Å². The molecule has 0 amide bonds. The van der Waals surface area contributed by atoms with Gasteiger partial charge in [-0.05, 0) is 13.0 Å². The minimum Gasteiger partial charge on any atom is -0.409 e. The summed E-state index contributed by atoms with van der Waals surface area (Å²) in [5.74, 6) is -5.13. The Kier molecular flexibility index (Phi) is 5.22. The Morgan fingerprint density at radius 1 is 1.32 bits per heavy atom. The molecule has 9 heteroatoms. The first-order chi connectivity index (χ1) is 10.5. The van der Waals surface area contributed by atoms with Crippen LogP contribution in [0.5, 0.6) is 0 Å². The lowest BCUT2D eigenvalue weighted by molar-refractivity contribution is -0.0469. The van der Waals surface area contributed by atoms with Gasteiger partial charge in [-0.15, -0.1) is 0 Å². The number of ether oxygens (including phenoxy) is 2. The number of nitrogens with zero attached hydrogens (tertiary/aromatic N) is 1. The van der Waals surface area contributed by atoms with Gasteiger partial charge in [-0.1, -0.05) is 5.16 Å². The van der Waals surface area contributed by atoms with Crippen molar-refractivity contribution in [2.24, 2.45) is 5.16 Å². The third-order valence-corrected chi connectivity index (χ3v) is 3.06. The fraction of sp³-hybridized carbons (Fsp3) is 0.462. The second kappa shape index (κ2) is 6.95. The van der Waals surface area contributed by atoms with Gasteiger partial charge in [-0.2, -0.15) is 0 Å². The highest BCUT2D eigenvalue weighted by Gasteiger charge is 2.29. The van der Waals surface area contributed by atoms with Gasteiger partial charge in [-0.25, -0.2) is 13.2 Å². The van der Waals surface area contributed by atoms with Crippen LogP contribution in [-0.4, -0.2) is 42.0 Å². The maximum absolute atomic E-state index is 13.9. The molecule has 122 valence electrons. The fourth-order valence-corrected chi connectivity index (χ4v) is 1.94. The van der Waals surface area contributed by atoms with E-state index in [4.69, 9.17) is 19.8 Å². The Labute approximate surface area is 124 Å². The van der Waals surface area contributed by atoms with E-state index in [0.29, 0.717) is 0 Å². The molecular formula is C13H15F3N2O4. The number of hydrogen-bond acceptors (Lipinski definition) is 5. The van der Waals surface area contributed by atoms with Crippen molar-refractivity contribution < 1.29 is 33.0 Å². The van der Waals surface area contributed by atoms with Gasteiger partial charge in [0.05, 0.1) is 25.4 Å². The normalized spacial score (nSPS) is 17.8. The maximum atomic E-state index is 13.9. The predicted octanol–water partition coefficient (Wildman–Crippen LogP) is 1.26.